The van der Waals surface area contributed by atoms with Gasteiger partial charge in [0.15, 0.2) is 0 Å². The Labute approximate surface area is 102 Å². The topological polar surface area (TPSA) is 43.8 Å². The van der Waals surface area contributed by atoms with Gasteiger partial charge in [-0.3, -0.25) is 4.68 Å². The summed E-state index contributed by atoms with van der Waals surface area (Å²) in [6.45, 7) is 0. The van der Waals surface area contributed by atoms with E-state index in [0.29, 0.717) is 11.1 Å². The highest BCUT2D eigenvalue weighted by molar-refractivity contribution is 5.33. The smallest absolute Gasteiger partial charge is 0.320 e. The van der Waals surface area contributed by atoms with E-state index >= 15 is 0 Å². The van der Waals surface area contributed by atoms with E-state index in [1.54, 1.807) is 30.2 Å². The predicted octanol–water partition coefficient (Wildman–Crippen LogP) is 2.49. The first-order valence-corrected chi connectivity index (χ1v) is 5.29. The minimum absolute atomic E-state index is 0.415. The molecule has 18 heavy (non-hydrogen) atoms. The van der Waals surface area contributed by atoms with E-state index in [2.05, 4.69) is 5.10 Å². The minimum atomic E-state index is -4.36. The third-order valence-corrected chi connectivity index (χ3v) is 2.66. The molecule has 0 aliphatic heterocycles. The second kappa shape index (κ2) is 4.45. The van der Waals surface area contributed by atoms with Crippen LogP contribution < -0.4 is 5.73 Å². The van der Waals surface area contributed by atoms with Gasteiger partial charge in [-0.05, 0) is 17.7 Å². The molecule has 1 unspecified atom stereocenters. The maximum absolute atomic E-state index is 12.6. The van der Waals surface area contributed by atoms with Gasteiger partial charge >= 0.3 is 6.18 Å². The number of benzene rings is 1. The summed E-state index contributed by atoms with van der Waals surface area (Å²) in [5.41, 5.74) is 6.32. The van der Waals surface area contributed by atoms with Crippen molar-refractivity contribution < 1.29 is 13.2 Å². The molecule has 1 aromatic carbocycles. The quantitative estimate of drug-likeness (QED) is 0.896. The van der Waals surface area contributed by atoms with Gasteiger partial charge in [-0.15, -0.1) is 0 Å². The van der Waals surface area contributed by atoms with Crippen LogP contribution >= 0.6 is 0 Å². The van der Waals surface area contributed by atoms with E-state index in [0.717, 1.165) is 12.1 Å². The van der Waals surface area contributed by atoms with Crippen molar-refractivity contribution in [2.75, 3.05) is 0 Å². The van der Waals surface area contributed by atoms with Crippen LogP contribution in [0.4, 0.5) is 13.2 Å². The molecule has 96 valence electrons. The van der Waals surface area contributed by atoms with E-state index in [-0.39, 0.29) is 0 Å². The van der Waals surface area contributed by atoms with Crippen molar-refractivity contribution in [2.45, 2.75) is 12.2 Å². The Morgan fingerprint density at radius 2 is 2.00 bits per heavy atom. The second-order valence-corrected chi connectivity index (χ2v) is 4.05. The fourth-order valence-electron chi connectivity index (χ4n) is 1.70. The van der Waals surface area contributed by atoms with Crippen LogP contribution in [0.5, 0.6) is 0 Å². The largest absolute Gasteiger partial charge is 0.416 e. The molecule has 0 saturated heterocycles. The number of nitrogens with two attached hydrogens (primary N) is 1. The fourth-order valence-corrected chi connectivity index (χ4v) is 1.70. The van der Waals surface area contributed by atoms with Crippen LogP contribution in [-0.2, 0) is 13.2 Å². The van der Waals surface area contributed by atoms with E-state index in [4.69, 9.17) is 5.73 Å². The van der Waals surface area contributed by atoms with Crippen molar-refractivity contribution in [3.8, 4) is 0 Å². The Kier molecular flexibility index (Phi) is 3.13. The summed E-state index contributed by atoms with van der Waals surface area (Å²) in [7, 11) is 1.72. The molecule has 1 aromatic heterocycles. The Balaban J connectivity index is 2.34. The van der Waals surface area contributed by atoms with E-state index in [9.17, 15) is 13.2 Å². The Morgan fingerprint density at radius 1 is 1.28 bits per heavy atom. The average molecular weight is 255 g/mol. The van der Waals surface area contributed by atoms with Gasteiger partial charge in [0.25, 0.3) is 0 Å². The Bertz CT molecular complexity index is 545. The van der Waals surface area contributed by atoms with Crippen molar-refractivity contribution in [2.24, 2.45) is 12.8 Å². The van der Waals surface area contributed by atoms with Gasteiger partial charge in [0.05, 0.1) is 17.8 Å². The Hall–Kier alpha value is -1.82. The molecular weight excluding hydrogens is 243 g/mol. The van der Waals surface area contributed by atoms with Gasteiger partial charge in [-0.25, -0.2) is 0 Å². The number of aryl methyl sites for hydroxylation is 1. The number of nitrogens with zero attached hydrogens (tertiary/aromatic N) is 2. The highest BCUT2D eigenvalue weighted by atomic mass is 19.4. The lowest BCUT2D eigenvalue weighted by Crippen LogP contribution is -2.13. The monoisotopic (exact) mass is 255 g/mol. The molecule has 2 aromatic rings. The lowest BCUT2D eigenvalue weighted by Gasteiger charge is -2.13. The summed E-state index contributed by atoms with van der Waals surface area (Å²) >= 11 is 0. The zero-order valence-corrected chi connectivity index (χ0v) is 9.65. The third kappa shape index (κ3) is 2.53. The Morgan fingerprint density at radius 3 is 2.56 bits per heavy atom. The van der Waals surface area contributed by atoms with Crippen LogP contribution in [0.1, 0.15) is 22.7 Å². The van der Waals surface area contributed by atoms with Gasteiger partial charge in [-0.2, -0.15) is 18.3 Å². The molecule has 0 aliphatic carbocycles. The predicted molar refractivity (Wildman–Crippen MR) is 60.7 cm³/mol. The first-order chi connectivity index (χ1) is 8.38. The first kappa shape index (κ1) is 12.6. The van der Waals surface area contributed by atoms with Gasteiger partial charge < -0.3 is 5.73 Å². The molecule has 0 radical (unpaired) electrons. The molecule has 0 spiro atoms. The van der Waals surface area contributed by atoms with Crippen LogP contribution in [-0.4, -0.2) is 9.78 Å². The van der Waals surface area contributed by atoms with E-state index in [1.165, 1.54) is 6.07 Å². The van der Waals surface area contributed by atoms with Gasteiger partial charge in [-0.1, -0.05) is 12.1 Å². The maximum Gasteiger partial charge on any atom is 0.416 e. The van der Waals surface area contributed by atoms with Crippen molar-refractivity contribution in [3.05, 3.63) is 53.3 Å². The van der Waals surface area contributed by atoms with Crippen LogP contribution in [0.2, 0.25) is 0 Å². The standard InChI is InChI=1S/C12H12F3N3/c1-18-7-9(6-17-18)11(16)8-3-2-4-10(5-8)12(13,14)15/h2-7,11H,16H2,1H3. The maximum atomic E-state index is 12.6. The average Bonchev–Trinajstić information content (AvgIpc) is 2.74. The number of aromatic nitrogens is 2. The lowest BCUT2D eigenvalue weighted by molar-refractivity contribution is -0.137. The molecule has 1 atom stereocenters. The van der Waals surface area contributed by atoms with Crippen molar-refractivity contribution in [1.29, 1.82) is 0 Å². The van der Waals surface area contributed by atoms with Crippen molar-refractivity contribution in [1.82, 2.24) is 9.78 Å². The van der Waals surface area contributed by atoms with Crippen molar-refractivity contribution >= 4 is 0 Å². The molecule has 2 rings (SSSR count). The molecule has 0 bridgehead atoms. The van der Waals surface area contributed by atoms with Crippen LogP contribution in [0, 0.1) is 0 Å². The summed E-state index contributed by atoms with van der Waals surface area (Å²) in [5, 5.41) is 3.95. The molecule has 1 heterocycles. The lowest BCUT2D eigenvalue weighted by atomic mass is 10.0. The number of alkyl halides is 3. The first-order valence-electron chi connectivity index (χ1n) is 5.29. The molecule has 0 saturated carbocycles. The van der Waals surface area contributed by atoms with Gasteiger partial charge in [0.2, 0.25) is 0 Å². The SMILES string of the molecule is Cn1cc(C(N)c2cccc(C(F)(F)F)c2)cn1. The molecule has 0 fully saturated rings. The normalized spacial score (nSPS) is 13.6. The van der Waals surface area contributed by atoms with Crippen LogP contribution in [0.25, 0.3) is 0 Å². The zero-order chi connectivity index (χ0) is 13.3. The number of hydrogen-bond acceptors (Lipinski definition) is 2. The van der Waals surface area contributed by atoms with Crippen LogP contribution in [0.15, 0.2) is 36.7 Å². The summed E-state index contributed by atoms with van der Waals surface area (Å²) in [6, 6.07) is 4.42. The molecule has 3 nitrogen and oxygen atoms in total. The van der Waals surface area contributed by atoms with Crippen LogP contribution in [0.3, 0.4) is 0 Å². The second-order valence-electron chi connectivity index (χ2n) is 4.05. The summed E-state index contributed by atoms with van der Waals surface area (Å²) < 4.78 is 39.3. The number of rotatable bonds is 2. The number of halogens is 3. The molecule has 0 aliphatic rings. The fraction of sp³-hybridized carbons (Fsp3) is 0.250. The van der Waals surface area contributed by atoms with E-state index < -0.39 is 17.8 Å². The summed E-state index contributed by atoms with van der Waals surface area (Å²) in [6.07, 6.45) is -1.12. The van der Waals surface area contributed by atoms with E-state index in [1.807, 2.05) is 0 Å². The van der Waals surface area contributed by atoms with Gasteiger partial charge in [0.1, 0.15) is 0 Å². The van der Waals surface area contributed by atoms with Gasteiger partial charge in [0, 0.05) is 18.8 Å². The molecule has 2 N–H and O–H groups in total. The third-order valence-electron chi connectivity index (χ3n) is 2.66. The minimum Gasteiger partial charge on any atom is -0.320 e. The summed E-state index contributed by atoms with van der Waals surface area (Å²) in [5.74, 6) is 0. The highest BCUT2D eigenvalue weighted by Gasteiger charge is 2.30. The number of hydrogen-bond donors (Lipinski definition) is 1. The van der Waals surface area contributed by atoms with Crippen molar-refractivity contribution in [3.63, 3.8) is 0 Å². The molecule has 6 heteroatoms. The molecule has 0 amide bonds. The summed E-state index contributed by atoms with van der Waals surface area (Å²) in [4.78, 5) is 0. The molecular formula is C12H12F3N3. The highest BCUT2D eigenvalue weighted by Crippen LogP contribution is 2.31. The zero-order valence-electron chi connectivity index (χ0n) is 9.65.